The maximum absolute atomic E-state index is 14.6. The Bertz CT molecular complexity index is 1390. The number of anilines is 1. The Balaban J connectivity index is 1.56. The van der Waals surface area contributed by atoms with E-state index >= 15 is 0 Å². The Labute approximate surface area is 200 Å². The number of hydrogen-bond donors (Lipinski definition) is 2. The quantitative estimate of drug-likeness (QED) is 0.316. The fraction of sp³-hybridized carbons (Fsp3) is 0.240. The Hall–Kier alpha value is -3.52. The number of carbonyl (C=O) groups is 1. The third-order valence-corrected chi connectivity index (χ3v) is 5.98. The molecule has 2 aromatic carbocycles. The van der Waals surface area contributed by atoms with Gasteiger partial charge in [0.1, 0.15) is 23.8 Å². The largest absolute Gasteiger partial charge is 0.478 e. The molecule has 2 aromatic heterocycles. The molecule has 0 bridgehead atoms. The molecule has 4 aromatic rings. The van der Waals surface area contributed by atoms with Crippen molar-refractivity contribution in [2.75, 3.05) is 11.9 Å². The molecule has 0 radical (unpaired) electrons. The topological polar surface area (TPSA) is 80.0 Å². The number of rotatable bonds is 8. The highest BCUT2D eigenvalue weighted by Gasteiger charge is 2.18. The van der Waals surface area contributed by atoms with Gasteiger partial charge in [0.15, 0.2) is 0 Å². The van der Waals surface area contributed by atoms with Crippen LogP contribution in [0.5, 0.6) is 0 Å². The first-order valence-electron chi connectivity index (χ1n) is 10.9. The first-order chi connectivity index (χ1) is 16.3. The molecule has 2 N–H and O–H groups in total. The van der Waals surface area contributed by atoms with Gasteiger partial charge in [-0.05, 0) is 49.2 Å². The number of carboxylic acids is 1. The number of nitrogens with zero attached hydrogens (tertiary/aromatic N) is 3. The zero-order valence-electron chi connectivity index (χ0n) is 18.7. The van der Waals surface area contributed by atoms with E-state index in [4.69, 9.17) is 11.6 Å². The highest BCUT2D eigenvalue weighted by molar-refractivity contribution is 6.35. The van der Waals surface area contributed by atoms with E-state index in [1.807, 2.05) is 18.4 Å². The summed E-state index contributed by atoms with van der Waals surface area (Å²) < 4.78 is 30.7. The standard InChI is InChI=1S/C25H23ClF2N4O2/c1-3-4-15-10-16(11-20(28)23(15)25(33)34)21-12-22(31-13-30-21)29-7-8-32-14(2)9-17-19(27)6-5-18(26)24(17)32/h5-6,9-13H,3-4,7-8H2,1-2H3,(H,33,34)(H,29,30,31). The van der Waals surface area contributed by atoms with E-state index in [9.17, 15) is 18.7 Å². The number of aromatic carboxylic acids is 1. The monoisotopic (exact) mass is 484 g/mol. The van der Waals surface area contributed by atoms with Crippen molar-refractivity contribution in [3.63, 3.8) is 0 Å². The van der Waals surface area contributed by atoms with Crippen LogP contribution in [0.2, 0.25) is 5.02 Å². The molecule has 4 rings (SSSR count). The fourth-order valence-electron chi connectivity index (χ4n) is 4.14. The van der Waals surface area contributed by atoms with Crippen molar-refractivity contribution in [3.05, 3.63) is 76.2 Å². The number of nitrogens with one attached hydrogen (secondary N) is 1. The maximum atomic E-state index is 14.6. The minimum Gasteiger partial charge on any atom is -0.478 e. The van der Waals surface area contributed by atoms with E-state index in [0.717, 1.165) is 5.69 Å². The second-order valence-corrected chi connectivity index (χ2v) is 8.40. The zero-order chi connectivity index (χ0) is 24.4. The predicted octanol–water partition coefficient (Wildman–Crippen LogP) is 6.10. The second-order valence-electron chi connectivity index (χ2n) is 7.99. The van der Waals surface area contributed by atoms with E-state index in [-0.39, 0.29) is 11.4 Å². The molecule has 34 heavy (non-hydrogen) atoms. The van der Waals surface area contributed by atoms with Crippen LogP contribution in [-0.2, 0) is 13.0 Å². The maximum Gasteiger partial charge on any atom is 0.338 e. The summed E-state index contributed by atoms with van der Waals surface area (Å²) in [5.74, 6) is -1.87. The molecule has 0 spiro atoms. The summed E-state index contributed by atoms with van der Waals surface area (Å²) in [6.07, 6.45) is 2.49. The van der Waals surface area contributed by atoms with Crippen molar-refractivity contribution in [2.24, 2.45) is 0 Å². The highest BCUT2D eigenvalue weighted by atomic mass is 35.5. The number of carboxylic acid groups (broad SMARTS) is 1. The summed E-state index contributed by atoms with van der Waals surface area (Å²) >= 11 is 6.31. The third-order valence-electron chi connectivity index (χ3n) is 5.67. The van der Waals surface area contributed by atoms with Gasteiger partial charge in [-0.3, -0.25) is 0 Å². The lowest BCUT2D eigenvalue weighted by atomic mass is 9.98. The lowest BCUT2D eigenvalue weighted by Gasteiger charge is -2.12. The van der Waals surface area contributed by atoms with E-state index in [2.05, 4.69) is 15.3 Å². The third kappa shape index (κ3) is 4.59. The van der Waals surface area contributed by atoms with Crippen LogP contribution in [-0.4, -0.2) is 32.2 Å². The van der Waals surface area contributed by atoms with Gasteiger partial charge < -0.3 is 15.0 Å². The van der Waals surface area contributed by atoms with Crippen molar-refractivity contribution >= 4 is 34.3 Å². The Morgan fingerprint density at radius 1 is 1.15 bits per heavy atom. The smallest absolute Gasteiger partial charge is 0.338 e. The fourth-order valence-corrected chi connectivity index (χ4v) is 4.41. The SMILES string of the molecule is CCCc1cc(-c2cc(NCCn3c(C)cc4c(F)ccc(Cl)c43)ncn2)cc(F)c1C(=O)O. The van der Waals surface area contributed by atoms with Crippen LogP contribution >= 0.6 is 11.6 Å². The van der Waals surface area contributed by atoms with Gasteiger partial charge in [-0.2, -0.15) is 0 Å². The van der Waals surface area contributed by atoms with Gasteiger partial charge in [0.25, 0.3) is 0 Å². The van der Waals surface area contributed by atoms with E-state index in [1.165, 1.54) is 18.5 Å². The summed E-state index contributed by atoms with van der Waals surface area (Å²) in [6.45, 7) is 4.78. The molecule has 0 unspecified atom stereocenters. The van der Waals surface area contributed by atoms with Gasteiger partial charge in [-0.15, -0.1) is 0 Å². The molecule has 0 fully saturated rings. The number of hydrogen-bond acceptors (Lipinski definition) is 4. The zero-order valence-corrected chi connectivity index (χ0v) is 19.5. The van der Waals surface area contributed by atoms with E-state index in [0.29, 0.717) is 64.5 Å². The molecule has 0 saturated carbocycles. The average Bonchev–Trinajstić information content (AvgIpc) is 3.13. The number of benzene rings is 2. The molecule has 0 aliphatic carbocycles. The van der Waals surface area contributed by atoms with Crippen molar-refractivity contribution in [2.45, 2.75) is 33.2 Å². The van der Waals surface area contributed by atoms with Crippen LogP contribution < -0.4 is 5.32 Å². The van der Waals surface area contributed by atoms with Crippen LogP contribution in [0.1, 0.15) is 35.0 Å². The van der Waals surface area contributed by atoms with Crippen molar-refractivity contribution in [3.8, 4) is 11.3 Å². The molecule has 0 aliphatic heterocycles. The molecule has 2 heterocycles. The van der Waals surface area contributed by atoms with E-state index in [1.54, 1.807) is 24.3 Å². The van der Waals surface area contributed by atoms with Gasteiger partial charge in [0.2, 0.25) is 0 Å². The van der Waals surface area contributed by atoms with Crippen LogP contribution in [0.3, 0.4) is 0 Å². The van der Waals surface area contributed by atoms with Crippen LogP contribution in [0.4, 0.5) is 14.6 Å². The van der Waals surface area contributed by atoms with Gasteiger partial charge in [0.05, 0.1) is 21.8 Å². The summed E-state index contributed by atoms with van der Waals surface area (Å²) in [5.41, 5.74) is 2.59. The van der Waals surface area contributed by atoms with Gasteiger partial charge in [0, 0.05) is 35.8 Å². The predicted molar refractivity (Wildman–Crippen MR) is 129 cm³/mol. The number of aromatic nitrogens is 3. The molecule has 6 nitrogen and oxygen atoms in total. The molecule has 0 aliphatic rings. The molecule has 9 heteroatoms. The second kappa shape index (κ2) is 9.77. The summed E-state index contributed by atoms with van der Waals surface area (Å²) in [7, 11) is 0. The summed E-state index contributed by atoms with van der Waals surface area (Å²) in [4.78, 5) is 19.9. The minimum atomic E-state index is -1.29. The highest BCUT2D eigenvalue weighted by Crippen LogP contribution is 2.29. The normalized spacial score (nSPS) is 11.2. The lowest BCUT2D eigenvalue weighted by Crippen LogP contribution is -2.12. The molecule has 176 valence electrons. The summed E-state index contributed by atoms with van der Waals surface area (Å²) in [5, 5.41) is 13.5. The van der Waals surface area contributed by atoms with Crippen LogP contribution in [0.15, 0.2) is 42.7 Å². The molecule has 0 saturated heterocycles. The van der Waals surface area contributed by atoms with Crippen molar-refractivity contribution in [1.82, 2.24) is 14.5 Å². The van der Waals surface area contributed by atoms with Gasteiger partial charge >= 0.3 is 5.97 Å². The number of aryl methyl sites for hydroxylation is 2. The molecule has 0 amide bonds. The molecular weight excluding hydrogens is 462 g/mol. The van der Waals surface area contributed by atoms with Crippen LogP contribution in [0, 0.1) is 18.6 Å². The first kappa shape index (κ1) is 23.6. The Morgan fingerprint density at radius 3 is 2.68 bits per heavy atom. The summed E-state index contributed by atoms with van der Waals surface area (Å²) in [6, 6.07) is 9.18. The van der Waals surface area contributed by atoms with Gasteiger partial charge in [-0.25, -0.2) is 23.5 Å². The Morgan fingerprint density at radius 2 is 1.94 bits per heavy atom. The lowest BCUT2D eigenvalue weighted by molar-refractivity contribution is 0.0690. The first-order valence-corrected chi connectivity index (χ1v) is 11.2. The number of fused-ring (bicyclic) bond motifs is 1. The molecule has 0 atom stereocenters. The van der Waals surface area contributed by atoms with E-state index < -0.39 is 11.8 Å². The average molecular weight is 485 g/mol. The number of halogens is 3. The van der Waals surface area contributed by atoms with Crippen molar-refractivity contribution in [1.29, 1.82) is 0 Å². The van der Waals surface area contributed by atoms with Crippen LogP contribution in [0.25, 0.3) is 22.2 Å². The van der Waals surface area contributed by atoms with Gasteiger partial charge in [-0.1, -0.05) is 24.9 Å². The minimum absolute atomic E-state index is 0.303. The van der Waals surface area contributed by atoms with Crippen molar-refractivity contribution < 1.29 is 18.7 Å². The molecular formula is C25H23ClF2N4O2. The Kier molecular flexibility index (Phi) is 6.79.